The van der Waals surface area contributed by atoms with Gasteiger partial charge in [-0.3, -0.25) is 9.59 Å². The summed E-state index contributed by atoms with van der Waals surface area (Å²) in [5.74, 6) is -0.545. The highest BCUT2D eigenvalue weighted by atomic mass is 32.2. The molecule has 2 aromatic rings. The molecule has 3 aliphatic rings. The van der Waals surface area contributed by atoms with Crippen LogP contribution in [-0.2, 0) is 32.6 Å². The maximum absolute atomic E-state index is 13.3. The third kappa shape index (κ3) is 4.41. The summed E-state index contributed by atoms with van der Waals surface area (Å²) in [7, 11) is -3.71. The molecule has 0 spiro atoms. The molecule has 1 saturated heterocycles. The van der Waals surface area contributed by atoms with E-state index >= 15 is 0 Å². The molecule has 0 saturated carbocycles. The third-order valence-corrected chi connectivity index (χ3v) is 9.67. The minimum atomic E-state index is -3.71. The molecule has 0 bridgehead atoms. The molecule has 2 amide bonds. The second-order valence-electron chi connectivity index (χ2n) is 8.74. The van der Waals surface area contributed by atoms with Gasteiger partial charge in [0.1, 0.15) is 0 Å². The van der Waals surface area contributed by atoms with Gasteiger partial charge in [0.2, 0.25) is 21.8 Å². The van der Waals surface area contributed by atoms with Crippen molar-refractivity contribution in [2.45, 2.75) is 53.7 Å². The lowest BCUT2D eigenvalue weighted by Gasteiger charge is -2.30. The maximum Gasteiger partial charge on any atom is 0.247 e. The number of benzene rings is 2. The number of amides is 2. The number of thioether (sulfide) groups is 1. The van der Waals surface area contributed by atoms with Crippen molar-refractivity contribution in [1.82, 2.24) is 9.21 Å². The number of hydrogen-bond donors (Lipinski definition) is 1. The third-order valence-electron chi connectivity index (χ3n) is 6.57. The highest BCUT2D eigenvalue weighted by Gasteiger charge is 2.37. The molecule has 7 nitrogen and oxygen atoms in total. The van der Waals surface area contributed by atoms with Crippen molar-refractivity contribution >= 4 is 39.3 Å². The van der Waals surface area contributed by atoms with E-state index in [2.05, 4.69) is 5.32 Å². The minimum Gasteiger partial charge on any atom is -0.341 e. The number of nitrogens with one attached hydrogen (secondary N) is 1. The number of rotatable bonds is 3. The number of carbonyl (C=O) groups excluding carboxylic acids is 2. The van der Waals surface area contributed by atoms with E-state index in [1.165, 1.54) is 27.7 Å². The van der Waals surface area contributed by atoms with Crippen LogP contribution in [0.25, 0.3) is 0 Å². The lowest BCUT2D eigenvalue weighted by Crippen LogP contribution is -2.45. The van der Waals surface area contributed by atoms with Gasteiger partial charge in [-0.15, -0.1) is 11.8 Å². The fraction of sp³-hybridized carbons (Fsp3) is 0.417. The van der Waals surface area contributed by atoms with E-state index in [4.69, 9.17) is 0 Å². The topological polar surface area (TPSA) is 86.8 Å². The van der Waals surface area contributed by atoms with Gasteiger partial charge in [-0.05, 0) is 48.6 Å². The normalized spacial score (nSPS) is 21.5. The summed E-state index contributed by atoms with van der Waals surface area (Å²) in [5, 5.41) is 1.95. The van der Waals surface area contributed by atoms with Crippen molar-refractivity contribution in [2.75, 3.05) is 25.0 Å². The lowest BCUT2D eigenvalue weighted by molar-refractivity contribution is -0.133. The maximum atomic E-state index is 13.3. The van der Waals surface area contributed by atoms with Gasteiger partial charge in [-0.2, -0.15) is 4.31 Å². The van der Waals surface area contributed by atoms with Gasteiger partial charge in [0.05, 0.1) is 10.6 Å². The summed E-state index contributed by atoms with van der Waals surface area (Å²) in [5.41, 5.74) is 2.64. The molecule has 1 fully saturated rings. The second-order valence-corrected chi connectivity index (χ2v) is 11.8. The molecule has 3 aliphatic heterocycles. The molecule has 0 aromatic heterocycles. The van der Waals surface area contributed by atoms with Gasteiger partial charge in [-0.1, -0.05) is 37.1 Å². The van der Waals surface area contributed by atoms with Crippen molar-refractivity contribution in [3.63, 3.8) is 0 Å². The number of carbonyl (C=O) groups is 2. The molecule has 0 radical (unpaired) electrons. The molecular formula is C24H27N3O4S2. The van der Waals surface area contributed by atoms with Crippen LogP contribution >= 0.6 is 11.8 Å². The molecule has 174 valence electrons. The fourth-order valence-electron chi connectivity index (χ4n) is 4.69. The van der Waals surface area contributed by atoms with E-state index in [1.54, 1.807) is 17.0 Å². The summed E-state index contributed by atoms with van der Waals surface area (Å²) in [6, 6.07) is 12.7. The van der Waals surface area contributed by atoms with E-state index in [0.717, 1.165) is 31.2 Å². The van der Waals surface area contributed by atoms with Crippen molar-refractivity contribution in [3.8, 4) is 0 Å². The highest BCUT2D eigenvalue weighted by Crippen LogP contribution is 2.38. The van der Waals surface area contributed by atoms with Gasteiger partial charge in [0.15, 0.2) is 5.25 Å². The van der Waals surface area contributed by atoms with E-state index < -0.39 is 15.3 Å². The average molecular weight is 486 g/mol. The predicted molar refractivity (Wildman–Crippen MR) is 128 cm³/mol. The Hall–Kier alpha value is -2.36. The molecule has 2 aromatic carbocycles. The minimum absolute atomic E-state index is 0.152. The number of fused-ring (bicyclic) bond motifs is 2. The molecule has 1 unspecified atom stereocenters. The zero-order valence-corrected chi connectivity index (χ0v) is 20.0. The Bertz CT molecular complexity index is 1190. The average Bonchev–Trinajstić information content (AvgIpc) is 3.12. The number of nitrogens with zero attached hydrogens (tertiary/aromatic N) is 2. The first-order valence-electron chi connectivity index (χ1n) is 11.4. The monoisotopic (exact) mass is 485 g/mol. The Morgan fingerprint density at radius 3 is 2.45 bits per heavy atom. The smallest absolute Gasteiger partial charge is 0.247 e. The van der Waals surface area contributed by atoms with Crippen LogP contribution in [0.2, 0.25) is 0 Å². The first kappa shape index (κ1) is 22.4. The first-order chi connectivity index (χ1) is 15.9. The van der Waals surface area contributed by atoms with Crippen molar-refractivity contribution in [1.29, 1.82) is 0 Å². The predicted octanol–water partition coefficient (Wildman–Crippen LogP) is 3.25. The quantitative estimate of drug-likeness (QED) is 0.675. The van der Waals surface area contributed by atoms with Crippen LogP contribution in [0, 0.1) is 0 Å². The van der Waals surface area contributed by atoms with E-state index in [9.17, 15) is 18.0 Å². The van der Waals surface area contributed by atoms with Gasteiger partial charge in [0, 0.05) is 31.1 Å². The van der Waals surface area contributed by atoms with Crippen LogP contribution in [0.1, 0.15) is 36.8 Å². The second kappa shape index (κ2) is 9.12. The number of anilines is 1. The zero-order valence-electron chi connectivity index (χ0n) is 18.3. The summed E-state index contributed by atoms with van der Waals surface area (Å²) in [6.45, 7) is 2.13. The van der Waals surface area contributed by atoms with Gasteiger partial charge in [0.25, 0.3) is 0 Å². The Morgan fingerprint density at radius 1 is 0.970 bits per heavy atom. The molecule has 3 heterocycles. The summed E-state index contributed by atoms with van der Waals surface area (Å²) < 4.78 is 28.1. The van der Waals surface area contributed by atoms with Crippen LogP contribution in [0.5, 0.6) is 0 Å². The summed E-state index contributed by atoms with van der Waals surface area (Å²) in [4.78, 5) is 28.4. The summed E-state index contributed by atoms with van der Waals surface area (Å²) >= 11 is 1.21. The zero-order chi connectivity index (χ0) is 23.0. The standard InChI is InChI=1S/C24H27N3O4S2/c28-23-22(24(29)26-12-5-1-2-6-13-26)32-21-10-9-19(15-20(21)25-23)33(30,31)27-14-11-17-7-3-4-8-18(17)16-27/h3-4,7-10,15,22H,1-2,5-6,11-14,16H2,(H,25,28). The van der Waals surface area contributed by atoms with Crippen molar-refractivity contribution in [2.24, 2.45) is 0 Å². The first-order valence-corrected chi connectivity index (χ1v) is 13.7. The van der Waals surface area contributed by atoms with Crippen LogP contribution in [0.3, 0.4) is 0 Å². The molecule has 1 atom stereocenters. The number of sulfonamides is 1. The van der Waals surface area contributed by atoms with Crippen LogP contribution in [0.15, 0.2) is 52.3 Å². The van der Waals surface area contributed by atoms with Crippen LogP contribution < -0.4 is 5.32 Å². The Kier molecular flexibility index (Phi) is 6.20. The highest BCUT2D eigenvalue weighted by molar-refractivity contribution is 8.01. The Morgan fingerprint density at radius 2 is 1.70 bits per heavy atom. The van der Waals surface area contributed by atoms with Crippen LogP contribution in [0.4, 0.5) is 5.69 Å². The molecule has 0 aliphatic carbocycles. The molecule has 1 N–H and O–H groups in total. The Balaban J connectivity index is 1.35. The van der Waals surface area contributed by atoms with Crippen LogP contribution in [-0.4, -0.2) is 54.3 Å². The molecular weight excluding hydrogens is 458 g/mol. The van der Waals surface area contributed by atoms with E-state index in [-0.39, 0.29) is 16.7 Å². The largest absolute Gasteiger partial charge is 0.341 e. The fourth-order valence-corrected chi connectivity index (χ4v) is 7.19. The molecule has 5 rings (SSSR count). The molecule has 9 heteroatoms. The number of likely N-dealkylation sites (tertiary alicyclic amines) is 1. The van der Waals surface area contributed by atoms with Crippen molar-refractivity contribution < 1.29 is 18.0 Å². The molecule has 33 heavy (non-hydrogen) atoms. The van der Waals surface area contributed by atoms with Gasteiger partial charge >= 0.3 is 0 Å². The van der Waals surface area contributed by atoms with Gasteiger partial charge < -0.3 is 10.2 Å². The van der Waals surface area contributed by atoms with E-state index in [1.807, 2.05) is 24.3 Å². The van der Waals surface area contributed by atoms with Crippen molar-refractivity contribution in [3.05, 3.63) is 53.6 Å². The number of hydrogen-bond acceptors (Lipinski definition) is 5. The Labute approximate surface area is 198 Å². The van der Waals surface area contributed by atoms with Gasteiger partial charge in [-0.25, -0.2) is 8.42 Å². The SMILES string of the molecule is O=C1Nc2cc(S(=O)(=O)N3CCc4ccccc4C3)ccc2SC1C(=O)N1CCCCCC1. The van der Waals surface area contributed by atoms with E-state index in [0.29, 0.717) is 43.2 Å². The summed E-state index contributed by atoms with van der Waals surface area (Å²) in [6.07, 6.45) is 4.81. The lowest BCUT2D eigenvalue weighted by atomic mass is 10.0.